The van der Waals surface area contributed by atoms with Gasteiger partial charge in [-0.15, -0.1) is 0 Å². The van der Waals surface area contributed by atoms with E-state index < -0.39 is 73.1 Å². The molecule has 2 saturated heterocycles. The highest BCUT2D eigenvalue weighted by Crippen LogP contribution is 2.33. The van der Waals surface area contributed by atoms with Gasteiger partial charge in [0.2, 0.25) is 11.7 Å². The van der Waals surface area contributed by atoms with Crippen molar-refractivity contribution in [3.05, 3.63) is 40.6 Å². The van der Waals surface area contributed by atoms with Crippen LogP contribution in [-0.4, -0.2) is 111 Å². The lowest BCUT2D eigenvalue weighted by atomic mass is 9.99. The largest absolute Gasteiger partial charge is 0.507 e. The van der Waals surface area contributed by atoms with E-state index in [1.54, 1.807) is 6.07 Å². The zero-order chi connectivity index (χ0) is 28.0. The van der Waals surface area contributed by atoms with Gasteiger partial charge >= 0.3 is 0 Å². The Hall–Kier alpha value is -3.05. The fourth-order valence-corrected chi connectivity index (χ4v) is 4.51. The molecule has 1 unspecified atom stereocenters. The van der Waals surface area contributed by atoms with E-state index in [-0.39, 0.29) is 34.3 Å². The van der Waals surface area contributed by atoms with Gasteiger partial charge < -0.3 is 63.8 Å². The molecule has 1 aromatic heterocycles. The molecular weight excluding hydrogens is 524 g/mol. The van der Waals surface area contributed by atoms with Gasteiger partial charge in [0, 0.05) is 12.1 Å². The average molecular weight is 552 g/mol. The average Bonchev–Trinajstić information content (AvgIpc) is 2.92. The predicted molar refractivity (Wildman–Crippen MR) is 129 cm³/mol. The summed E-state index contributed by atoms with van der Waals surface area (Å²) in [7, 11) is 1.45. The first-order chi connectivity index (χ1) is 18.6. The summed E-state index contributed by atoms with van der Waals surface area (Å²) in [5.74, 6) is -0.142. The molecule has 0 saturated carbocycles. The molecule has 3 heterocycles. The second-order valence-electron chi connectivity index (χ2n) is 9.32. The summed E-state index contributed by atoms with van der Waals surface area (Å²) < 4.78 is 32.7. The Morgan fingerprint density at radius 1 is 0.872 bits per heavy atom. The minimum atomic E-state index is -1.74. The van der Waals surface area contributed by atoms with Crippen molar-refractivity contribution in [1.82, 2.24) is 0 Å². The first kappa shape index (κ1) is 27.5. The van der Waals surface area contributed by atoms with Crippen LogP contribution in [0.5, 0.6) is 17.2 Å². The first-order valence-corrected chi connectivity index (χ1v) is 12.0. The highest BCUT2D eigenvalue weighted by atomic mass is 16.7. The van der Waals surface area contributed by atoms with Crippen LogP contribution in [-0.2, 0) is 14.2 Å². The van der Waals surface area contributed by atoms with Gasteiger partial charge in [0.1, 0.15) is 76.5 Å². The molecule has 14 heteroatoms. The molecule has 0 radical (unpaired) electrons. The lowest BCUT2D eigenvalue weighted by Gasteiger charge is -2.41. The summed E-state index contributed by atoms with van der Waals surface area (Å²) in [6, 6.07) is 6.99. The van der Waals surface area contributed by atoms with Crippen LogP contribution >= 0.6 is 0 Å². The number of phenols is 1. The number of rotatable bonds is 6. The Bertz CT molecular complexity index is 1390. The van der Waals surface area contributed by atoms with Crippen LogP contribution in [0.15, 0.2) is 39.5 Å². The van der Waals surface area contributed by atoms with Crippen molar-refractivity contribution in [2.45, 2.75) is 55.3 Å². The van der Waals surface area contributed by atoms with Crippen LogP contribution in [0.2, 0.25) is 0 Å². The van der Waals surface area contributed by atoms with Gasteiger partial charge in [0.05, 0.1) is 25.7 Å². The van der Waals surface area contributed by atoms with Crippen LogP contribution in [0.1, 0.15) is 0 Å². The Kier molecular flexibility index (Phi) is 7.65. The molecule has 2 aliphatic heterocycles. The van der Waals surface area contributed by atoms with E-state index in [0.717, 1.165) is 6.07 Å². The first-order valence-electron chi connectivity index (χ1n) is 12.0. The van der Waals surface area contributed by atoms with Crippen molar-refractivity contribution in [1.29, 1.82) is 0 Å². The Morgan fingerprint density at radius 2 is 1.62 bits per heavy atom. The second-order valence-corrected chi connectivity index (χ2v) is 9.32. The fraction of sp³-hybridized carbons (Fsp3) is 0.480. The summed E-state index contributed by atoms with van der Waals surface area (Å²) in [6.07, 6.45) is -13.8. The number of aliphatic hydroxyl groups is 6. The molecule has 14 nitrogen and oxygen atoms in total. The van der Waals surface area contributed by atoms with Crippen molar-refractivity contribution < 1.29 is 63.8 Å². The van der Waals surface area contributed by atoms with Crippen molar-refractivity contribution in [2.75, 3.05) is 20.3 Å². The Labute approximate surface area is 219 Å². The number of ether oxygens (including phenoxy) is 5. The van der Waals surface area contributed by atoms with Gasteiger partial charge in [-0.3, -0.25) is 4.79 Å². The molecular formula is C25H28O14. The number of methoxy groups -OCH3 is 1. The summed E-state index contributed by atoms with van der Waals surface area (Å²) in [4.78, 5) is 13.0. The third-order valence-electron chi connectivity index (χ3n) is 6.73. The van der Waals surface area contributed by atoms with E-state index in [1.807, 2.05) is 0 Å². The van der Waals surface area contributed by atoms with Gasteiger partial charge in [-0.05, 0) is 18.2 Å². The van der Waals surface area contributed by atoms with Gasteiger partial charge in [0.25, 0.3) is 0 Å². The molecule has 2 aliphatic rings. The molecule has 3 aromatic rings. The van der Waals surface area contributed by atoms with Crippen LogP contribution in [0, 0.1) is 0 Å². The molecule has 0 aliphatic carbocycles. The number of aromatic hydroxyl groups is 1. The van der Waals surface area contributed by atoms with Crippen molar-refractivity contribution in [2.24, 2.45) is 0 Å². The Balaban J connectivity index is 1.36. The lowest BCUT2D eigenvalue weighted by Crippen LogP contribution is -2.61. The normalized spacial score (nSPS) is 33.4. The lowest BCUT2D eigenvalue weighted by molar-refractivity contribution is -0.307. The van der Waals surface area contributed by atoms with Gasteiger partial charge in [-0.1, -0.05) is 0 Å². The number of phenolic OH excluding ortho intramolecular Hbond substituents is 1. The van der Waals surface area contributed by atoms with E-state index in [0.29, 0.717) is 5.75 Å². The molecule has 39 heavy (non-hydrogen) atoms. The van der Waals surface area contributed by atoms with E-state index in [4.69, 9.17) is 28.1 Å². The van der Waals surface area contributed by atoms with E-state index in [1.165, 1.54) is 25.3 Å². The summed E-state index contributed by atoms with van der Waals surface area (Å²) >= 11 is 0. The smallest absolute Gasteiger partial charge is 0.229 e. The van der Waals surface area contributed by atoms with Crippen LogP contribution in [0.4, 0.5) is 0 Å². The number of aliphatic hydroxyl groups excluding tert-OH is 6. The molecule has 2 fully saturated rings. The van der Waals surface area contributed by atoms with E-state index in [2.05, 4.69) is 0 Å². The van der Waals surface area contributed by atoms with Crippen molar-refractivity contribution >= 4 is 21.9 Å². The summed E-state index contributed by atoms with van der Waals surface area (Å²) in [6.45, 7) is -0.781. The van der Waals surface area contributed by atoms with Crippen LogP contribution in [0.3, 0.4) is 0 Å². The molecule has 2 aromatic carbocycles. The number of fused-ring (bicyclic) bond motifs is 2. The SMILES string of the molecule is COc1ccc2oc3cc(OC4O[C@@H](CO[C@@H]5OC[C@H](O)[C@H](O)[C@H]5O)[C@@H](O)[C@H](O)[C@H]4O)cc(O)c3c(=O)c2c1. The molecule has 212 valence electrons. The van der Waals surface area contributed by atoms with Gasteiger partial charge in [-0.25, -0.2) is 0 Å². The fourth-order valence-electron chi connectivity index (χ4n) is 4.51. The molecule has 0 amide bonds. The third-order valence-corrected chi connectivity index (χ3v) is 6.73. The maximum Gasteiger partial charge on any atom is 0.229 e. The summed E-state index contributed by atoms with van der Waals surface area (Å²) in [5.41, 5.74) is -0.314. The number of hydrogen-bond donors (Lipinski definition) is 7. The Morgan fingerprint density at radius 3 is 2.36 bits per heavy atom. The monoisotopic (exact) mass is 552 g/mol. The maximum atomic E-state index is 13.0. The minimum absolute atomic E-state index is 0.0254. The van der Waals surface area contributed by atoms with Crippen LogP contribution in [0.25, 0.3) is 21.9 Å². The van der Waals surface area contributed by atoms with Gasteiger partial charge in [0.15, 0.2) is 6.29 Å². The minimum Gasteiger partial charge on any atom is -0.507 e. The zero-order valence-electron chi connectivity index (χ0n) is 20.5. The second kappa shape index (κ2) is 10.8. The number of hydrogen-bond acceptors (Lipinski definition) is 14. The molecule has 0 bridgehead atoms. The third kappa shape index (κ3) is 5.14. The maximum absolute atomic E-state index is 13.0. The van der Waals surface area contributed by atoms with E-state index >= 15 is 0 Å². The number of benzene rings is 2. The molecule has 9 atom stereocenters. The standard InChI is InChI=1S/C25H28O14/c1-34-9-2-3-14-11(4-9)18(28)17-12(26)5-10(6-15(17)38-14)37-25-23(33)21(31)20(30)16(39-25)8-36-24-22(32)19(29)13(27)7-35-24/h2-6,13,16,19-27,29-33H,7-8H2,1H3/t13-,16-,19-,20+,21-,22+,23+,24-,25?/m0/s1. The molecule has 5 rings (SSSR count). The molecule has 7 N–H and O–H groups in total. The molecule has 0 spiro atoms. The van der Waals surface area contributed by atoms with Crippen molar-refractivity contribution in [3.8, 4) is 17.2 Å². The van der Waals surface area contributed by atoms with Crippen molar-refractivity contribution in [3.63, 3.8) is 0 Å². The topological polar surface area (TPSA) is 218 Å². The highest BCUT2D eigenvalue weighted by molar-refractivity contribution is 5.94. The van der Waals surface area contributed by atoms with E-state index in [9.17, 15) is 40.5 Å². The summed E-state index contributed by atoms with van der Waals surface area (Å²) in [5, 5.41) is 71.2. The quantitative estimate of drug-likeness (QED) is 0.170. The zero-order valence-corrected chi connectivity index (χ0v) is 20.5. The van der Waals surface area contributed by atoms with Gasteiger partial charge in [-0.2, -0.15) is 0 Å². The van der Waals surface area contributed by atoms with Crippen LogP contribution < -0.4 is 14.9 Å². The predicted octanol–water partition coefficient (Wildman–Crippen LogP) is -1.70. The highest BCUT2D eigenvalue weighted by Gasteiger charge is 2.46.